The van der Waals surface area contributed by atoms with E-state index < -0.39 is 6.10 Å². The molecule has 0 amide bonds. The molecule has 0 fully saturated rings. The Morgan fingerprint density at radius 2 is 2.06 bits per heavy atom. The molecule has 0 saturated carbocycles. The van der Waals surface area contributed by atoms with Crippen molar-refractivity contribution in [1.82, 2.24) is 4.57 Å². The van der Waals surface area contributed by atoms with Gasteiger partial charge in [-0.05, 0) is 38.0 Å². The number of aliphatic hydroxyl groups excluding tert-OH is 1. The Balaban J connectivity index is 2.70. The first-order chi connectivity index (χ1) is 7.67. The first-order valence-electron chi connectivity index (χ1n) is 5.97. The predicted octanol–water partition coefficient (Wildman–Crippen LogP) is 3.28. The minimum atomic E-state index is -0.401. The van der Waals surface area contributed by atoms with Crippen LogP contribution in [0.15, 0.2) is 24.4 Å². The number of hydrogen-bond donors (Lipinski definition) is 1. The molecular formula is C14H19NO. The van der Waals surface area contributed by atoms with Gasteiger partial charge in [0.15, 0.2) is 0 Å². The summed E-state index contributed by atoms with van der Waals surface area (Å²) in [7, 11) is 0. The highest BCUT2D eigenvalue weighted by Crippen LogP contribution is 2.27. The van der Waals surface area contributed by atoms with Crippen molar-refractivity contribution in [2.24, 2.45) is 0 Å². The number of aliphatic hydroxyl groups is 1. The van der Waals surface area contributed by atoms with Crippen LogP contribution in [0.25, 0.3) is 10.9 Å². The zero-order valence-corrected chi connectivity index (χ0v) is 10.2. The molecule has 1 aromatic heterocycles. The van der Waals surface area contributed by atoms with E-state index in [9.17, 15) is 5.11 Å². The van der Waals surface area contributed by atoms with Crippen molar-refractivity contribution >= 4 is 10.9 Å². The predicted molar refractivity (Wildman–Crippen MR) is 67.6 cm³/mol. The normalized spacial score (nSPS) is 13.2. The lowest BCUT2D eigenvalue weighted by atomic mass is 10.1. The Labute approximate surface area is 96.5 Å². The lowest BCUT2D eigenvalue weighted by molar-refractivity contribution is 0.200. The number of aromatic nitrogens is 1. The van der Waals surface area contributed by atoms with E-state index >= 15 is 0 Å². The molecule has 1 heterocycles. The van der Waals surface area contributed by atoms with Gasteiger partial charge in [0.25, 0.3) is 0 Å². The summed E-state index contributed by atoms with van der Waals surface area (Å²) in [5, 5.41) is 11.0. The van der Waals surface area contributed by atoms with Gasteiger partial charge in [0.05, 0.1) is 6.10 Å². The van der Waals surface area contributed by atoms with Crippen LogP contribution in [0, 0.1) is 0 Å². The molecule has 1 unspecified atom stereocenters. The molecule has 2 nitrogen and oxygen atoms in total. The van der Waals surface area contributed by atoms with Crippen molar-refractivity contribution in [1.29, 1.82) is 0 Å². The molecule has 16 heavy (non-hydrogen) atoms. The first kappa shape index (κ1) is 11.2. The maximum absolute atomic E-state index is 9.78. The number of rotatable bonds is 3. The molecule has 0 aliphatic carbocycles. The van der Waals surface area contributed by atoms with Crippen LogP contribution < -0.4 is 0 Å². The summed E-state index contributed by atoms with van der Waals surface area (Å²) in [6.07, 6.45) is 2.70. The smallest absolute Gasteiger partial charge is 0.0782 e. The van der Waals surface area contributed by atoms with E-state index in [0.29, 0.717) is 0 Å². The summed E-state index contributed by atoms with van der Waals surface area (Å²) < 4.78 is 2.19. The van der Waals surface area contributed by atoms with E-state index in [1.165, 1.54) is 16.5 Å². The third-order valence-corrected chi connectivity index (χ3v) is 3.18. The Bertz CT molecular complexity index is 497. The van der Waals surface area contributed by atoms with Gasteiger partial charge in [-0.15, -0.1) is 0 Å². The van der Waals surface area contributed by atoms with E-state index in [-0.39, 0.29) is 0 Å². The Hall–Kier alpha value is -1.28. The Morgan fingerprint density at radius 1 is 1.31 bits per heavy atom. The van der Waals surface area contributed by atoms with Gasteiger partial charge in [-0.3, -0.25) is 0 Å². The molecule has 86 valence electrons. The molecule has 0 spiro atoms. The molecule has 0 saturated heterocycles. The van der Waals surface area contributed by atoms with Crippen molar-refractivity contribution in [3.8, 4) is 0 Å². The van der Waals surface area contributed by atoms with E-state index in [4.69, 9.17) is 0 Å². The van der Waals surface area contributed by atoms with E-state index in [1.807, 2.05) is 6.92 Å². The molecule has 0 aliphatic heterocycles. The summed E-state index contributed by atoms with van der Waals surface area (Å²) >= 11 is 0. The maximum Gasteiger partial charge on any atom is 0.0782 e. The zero-order chi connectivity index (χ0) is 11.7. The lowest BCUT2D eigenvalue weighted by Crippen LogP contribution is -1.91. The van der Waals surface area contributed by atoms with Crippen LogP contribution in [-0.4, -0.2) is 9.67 Å². The second kappa shape index (κ2) is 4.30. The van der Waals surface area contributed by atoms with Gasteiger partial charge < -0.3 is 9.67 Å². The second-order valence-corrected chi connectivity index (χ2v) is 4.25. The molecule has 2 aromatic rings. The van der Waals surface area contributed by atoms with Gasteiger partial charge >= 0.3 is 0 Å². The first-order valence-corrected chi connectivity index (χ1v) is 5.97. The highest BCUT2D eigenvalue weighted by Gasteiger charge is 2.11. The third kappa shape index (κ3) is 1.74. The van der Waals surface area contributed by atoms with Crippen LogP contribution in [0.5, 0.6) is 0 Å². The summed E-state index contributed by atoms with van der Waals surface area (Å²) in [6, 6.07) is 6.52. The van der Waals surface area contributed by atoms with Crippen LogP contribution in [-0.2, 0) is 13.0 Å². The SMILES string of the molecule is CCc1ccc2c(c1)c(C(C)O)cn2CC. The number of aryl methyl sites for hydroxylation is 2. The van der Waals surface area contributed by atoms with Crippen LogP contribution in [0.4, 0.5) is 0 Å². The topological polar surface area (TPSA) is 25.2 Å². The fourth-order valence-corrected chi connectivity index (χ4v) is 2.19. The van der Waals surface area contributed by atoms with Gasteiger partial charge in [0.2, 0.25) is 0 Å². The average Bonchev–Trinajstić information content (AvgIpc) is 2.66. The minimum Gasteiger partial charge on any atom is -0.389 e. The summed E-state index contributed by atoms with van der Waals surface area (Å²) in [6.45, 7) is 7.04. The van der Waals surface area contributed by atoms with E-state index in [0.717, 1.165) is 18.5 Å². The fourth-order valence-electron chi connectivity index (χ4n) is 2.19. The number of fused-ring (bicyclic) bond motifs is 1. The standard InChI is InChI=1S/C14H19NO/c1-4-11-6-7-14-12(8-11)13(10(3)16)9-15(14)5-2/h6-10,16H,4-5H2,1-3H3. The third-order valence-electron chi connectivity index (χ3n) is 3.18. The molecule has 2 rings (SSSR count). The van der Waals surface area contributed by atoms with Gasteiger partial charge in [-0.25, -0.2) is 0 Å². The number of benzene rings is 1. The number of nitrogens with zero attached hydrogens (tertiary/aromatic N) is 1. The second-order valence-electron chi connectivity index (χ2n) is 4.25. The largest absolute Gasteiger partial charge is 0.389 e. The monoisotopic (exact) mass is 217 g/mol. The van der Waals surface area contributed by atoms with Crippen molar-refractivity contribution in [2.45, 2.75) is 39.8 Å². The molecule has 0 aliphatic rings. The van der Waals surface area contributed by atoms with Crippen LogP contribution in [0.2, 0.25) is 0 Å². The maximum atomic E-state index is 9.78. The van der Waals surface area contributed by atoms with Gasteiger partial charge in [0, 0.05) is 29.2 Å². The summed E-state index contributed by atoms with van der Waals surface area (Å²) in [5.74, 6) is 0. The molecule has 1 N–H and O–H groups in total. The van der Waals surface area contributed by atoms with Crippen LogP contribution >= 0.6 is 0 Å². The average molecular weight is 217 g/mol. The molecule has 0 bridgehead atoms. The zero-order valence-electron chi connectivity index (χ0n) is 10.2. The summed E-state index contributed by atoms with van der Waals surface area (Å²) in [5.41, 5.74) is 3.58. The molecular weight excluding hydrogens is 198 g/mol. The van der Waals surface area contributed by atoms with Gasteiger partial charge in [-0.1, -0.05) is 13.0 Å². The highest BCUT2D eigenvalue weighted by molar-refractivity contribution is 5.85. The molecule has 0 radical (unpaired) electrons. The van der Waals surface area contributed by atoms with Crippen molar-refractivity contribution in [3.05, 3.63) is 35.5 Å². The fraction of sp³-hybridized carbons (Fsp3) is 0.429. The van der Waals surface area contributed by atoms with Crippen LogP contribution in [0.3, 0.4) is 0 Å². The van der Waals surface area contributed by atoms with Crippen molar-refractivity contribution < 1.29 is 5.11 Å². The van der Waals surface area contributed by atoms with Crippen LogP contribution in [0.1, 0.15) is 38.0 Å². The Morgan fingerprint density at radius 3 is 2.62 bits per heavy atom. The van der Waals surface area contributed by atoms with Gasteiger partial charge in [0.1, 0.15) is 0 Å². The lowest BCUT2D eigenvalue weighted by Gasteiger charge is -2.03. The summed E-state index contributed by atoms with van der Waals surface area (Å²) in [4.78, 5) is 0. The van der Waals surface area contributed by atoms with Crippen molar-refractivity contribution in [2.75, 3.05) is 0 Å². The number of hydrogen-bond acceptors (Lipinski definition) is 1. The van der Waals surface area contributed by atoms with E-state index in [2.05, 4.69) is 42.8 Å². The minimum absolute atomic E-state index is 0.401. The quantitative estimate of drug-likeness (QED) is 0.838. The van der Waals surface area contributed by atoms with Crippen molar-refractivity contribution in [3.63, 3.8) is 0 Å². The van der Waals surface area contributed by atoms with E-state index in [1.54, 1.807) is 0 Å². The molecule has 1 atom stereocenters. The molecule has 1 aromatic carbocycles. The van der Waals surface area contributed by atoms with Gasteiger partial charge in [-0.2, -0.15) is 0 Å². The highest BCUT2D eigenvalue weighted by atomic mass is 16.3. The molecule has 2 heteroatoms. The Kier molecular flexibility index (Phi) is 3.01.